The lowest BCUT2D eigenvalue weighted by atomic mass is 10.1. The van der Waals surface area contributed by atoms with E-state index in [2.05, 4.69) is 30.1 Å². The third-order valence-corrected chi connectivity index (χ3v) is 2.84. The van der Waals surface area contributed by atoms with E-state index >= 15 is 0 Å². The zero-order chi connectivity index (χ0) is 11.5. The summed E-state index contributed by atoms with van der Waals surface area (Å²) in [5, 5.41) is 17.0. The van der Waals surface area contributed by atoms with Crippen molar-refractivity contribution in [2.24, 2.45) is 5.92 Å². The van der Waals surface area contributed by atoms with Crippen molar-refractivity contribution in [1.29, 1.82) is 5.26 Å². The predicted octanol–water partition coefficient (Wildman–Crippen LogP) is 2.19. The molecule has 0 bridgehead atoms. The Morgan fingerprint density at radius 1 is 1.50 bits per heavy atom. The molecular weight excluding hydrogens is 200 g/mol. The number of rotatable bonds is 3. The van der Waals surface area contributed by atoms with Gasteiger partial charge in [0.15, 0.2) is 5.65 Å². The van der Waals surface area contributed by atoms with Crippen LogP contribution >= 0.6 is 0 Å². The molecular formula is C12H14N4. The SMILES string of the molecule is CCC(C)Cc1nnc2cc(C#N)ccn12. The lowest BCUT2D eigenvalue weighted by Crippen LogP contribution is -2.02. The molecule has 82 valence electrons. The summed E-state index contributed by atoms with van der Waals surface area (Å²) in [6.45, 7) is 4.37. The van der Waals surface area contributed by atoms with Gasteiger partial charge in [0.25, 0.3) is 0 Å². The minimum atomic E-state index is 0.600. The molecule has 0 saturated heterocycles. The quantitative estimate of drug-likeness (QED) is 0.787. The van der Waals surface area contributed by atoms with Crippen molar-refractivity contribution in [3.8, 4) is 6.07 Å². The van der Waals surface area contributed by atoms with Crippen LogP contribution in [0.15, 0.2) is 18.3 Å². The molecule has 0 aliphatic heterocycles. The van der Waals surface area contributed by atoms with Crippen LogP contribution in [0, 0.1) is 17.2 Å². The maximum absolute atomic E-state index is 8.78. The third kappa shape index (κ3) is 1.89. The number of nitrogens with zero attached hydrogens (tertiary/aromatic N) is 4. The number of aromatic nitrogens is 3. The van der Waals surface area contributed by atoms with E-state index in [4.69, 9.17) is 5.26 Å². The van der Waals surface area contributed by atoms with Crippen molar-refractivity contribution in [2.45, 2.75) is 26.7 Å². The zero-order valence-electron chi connectivity index (χ0n) is 9.51. The standard InChI is InChI=1S/C12H14N4/c1-3-9(2)6-11-14-15-12-7-10(8-13)4-5-16(11)12/h4-5,7,9H,3,6H2,1-2H3. The molecule has 0 aromatic carbocycles. The van der Waals surface area contributed by atoms with Crippen LogP contribution in [0.5, 0.6) is 0 Å². The van der Waals surface area contributed by atoms with Gasteiger partial charge in [-0.1, -0.05) is 20.3 Å². The molecule has 0 radical (unpaired) electrons. The van der Waals surface area contributed by atoms with Crippen molar-refractivity contribution < 1.29 is 0 Å². The number of nitriles is 1. The molecule has 2 aromatic rings. The summed E-state index contributed by atoms with van der Waals surface area (Å²) >= 11 is 0. The second-order valence-corrected chi connectivity index (χ2v) is 4.09. The van der Waals surface area contributed by atoms with Gasteiger partial charge in [0.2, 0.25) is 0 Å². The Hall–Kier alpha value is -1.89. The number of fused-ring (bicyclic) bond motifs is 1. The Balaban J connectivity index is 2.39. The maximum Gasteiger partial charge on any atom is 0.162 e. The van der Waals surface area contributed by atoms with E-state index in [-0.39, 0.29) is 0 Å². The summed E-state index contributed by atoms with van der Waals surface area (Å²) in [5.74, 6) is 1.57. The molecule has 1 atom stereocenters. The van der Waals surface area contributed by atoms with Crippen molar-refractivity contribution in [1.82, 2.24) is 14.6 Å². The summed E-state index contributed by atoms with van der Waals surface area (Å²) in [7, 11) is 0. The van der Waals surface area contributed by atoms with Crippen LogP contribution in [0.3, 0.4) is 0 Å². The first-order valence-electron chi connectivity index (χ1n) is 5.48. The Kier molecular flexibility index (Phi) is 2.86. The zero-order valence-corrected chi connectivity index (χ0v) is 9.51. The smallest absolute Gasteiger partial charge is 0.162 e. The molecule has 0 amide bonds. The lowest BCUT2D eigenvalue weighted by Gasteiger charge is -2.05. The molecule has 0 aliphatic carbocycles. The monoisotopic (exact) mass is 214 g/mol. The number of hydrogen-bond donors (Lipinski definition) is 0. The van der Waals surface area contributed by atoms with Gasteiger partial charge in [-0.15, -0.1) is 10.2 Å². The maximum atomic E-state index is 8.78. The van der Waals surface area contributed by atoms with Gasteiger partial charge in [-0.3, -0.25) is 4.40 Å². The average Bonchev–Trinajstić information content (AvgIpc) is 2.71. The first-order chi connectivity index (χ1) is 7.74. The van der Waals surface area contributed by atoms with Crippen molar-refractivity contribution >= 4 is 5.65 Å². The minimum Gasteiger partial charge on any atom is -0.286 e. The van der Waals surface area contributed by atoms with E-state index in [9.17, 15) is 0 Å². The van der Waals surface area contributed by atoms with E-state index in [1.807, 2.05) is 10.6 Å². The molecule has 0 spiro atoms. The molecule has 2 rings (SSSR count). The van der Waals surface area contributed by atoms with Crippen LogP contribution < -0.4 is 0 Å². The van der Waals surface area contributed by atoms with Gasteiger partial charge in [-0.25, -0.2) is 0 Å². The van der Waals surface area contributed by atoms with E-state index in [0.717, 1.165) is 24.3 Å². The summed E-state index contributed by atoms with van der Waals surface area (Å²) in [5.41, 5.74) is 1.37. The highest BCUT2D eigenvalue weighted by Crippen LogP contribution is 2.12. The van der Waals surface area contributed by atoms with Gasteiger partial charge >= 0.3 is 0 Å². The van der Waals surface area contributed by atoms with E-state index < -0.39 is 0 Å². The first-order valence-corrected chi connectivity index (χ1v) is 5.48. The van der Waals surface area contributed by atoms with Crippen LogP contribution in [0.25, 0.3) is 5.65 Å². The second kappa shape index (κ2) is 4.31. The van der Waals surface area contributed by atoms with Gasteiger partial charge in [0.05, 0.1) is 11.6 Å². The molecule has 0 N–H and O–H groups in total. The number of pyridine rings is 1. The molecule has 0 saturated carbocycles. The molecule has 1 unspecified atom stereocenters. The summed E-state index contributed by atoms with van der Waals surface area (Å²) < 4.78 is 1.95. The van der Waals surface area contributed by atoms with Gasteiger partial charge in [-0.2, -0.15) is 5.26 Å². The van der Waals surface area contributed by atoms with Crippen molar-refractivity contribution in [3.05, 3.63) is 29.7 Å². The Morgan fingerprint density at radius 3 is 3.00 bits per heavy atom. The van der Waals surface area contributed by atoms with E-state index in [1.165, 1.54) is 0 Å². The van der Waals surface area contributed by atoms with Crippen molar-refractivity contribution in [2.75, 3.05) is 0 Å². The Labute approximate surface area is 94.5 Å². The van der Waals surface area contributed by atoms with Crippen LogP contribution in [-0.4, -0.2) is 14.6 Å². The first kappa shape index (κ1) is 10.6. The fourth-order valence-electron chi connectivity index (χ4n) is 1.61. The second-order valence-electron chi connectivity index (χ2n) is 4.09. The third-order valence-electron chi connectivity index (χ3n) is 2.84. The van der Waals surface area contributed by atoms with Gasteiger partial charge in [0.1, 0.15) is 5.82 Å². The molecule has 4 heteroatoms. The van der Waals surface area contributed by atoms with Crippen LogP contribution in [0.1, 0.15) is 31.7 Å². The van der Waals surface area contributed by atoms with Gasteiger partial charge in [0, 0.05) is 18.7 Å². The van der Waals surface area contributed by atoms with E-state index in [0.29, 0.717) is 11.5 Å². The largest absolute Gasteiger partial charge is 0.286 e. The normalized spacial score (nSPS) is 12.6. The lowest BCUT2D eigenvalue weighted by molar-refractivity contribution is 0.540. The van der Waals surface area contributed by atoms with E-state index in [1.54, 1.807) is 12.1 Å². The molecule has 0 fully saturated rings. The van der Waals surface area contributed by atoms with Gasteiger partial charge < -0.3 is 0 Å². The Morgan fingerprint density at radius 2 is 2.31 bits per heavy atom. The molecule has 16 heavy (non-hydrogen) atoms. The highest BCUT2D eigenvalue weighted by Gasteiger charge is 2.09. The molecule has 4 nitrogen and oxygen atoms in total. The highest BCUT2D eigenvalue weighted by atomic mass is 15.2. The van der Waals surface area contributed by atoms with Crippen LogP contribution in [-0.2, 0) is 6.42 Å². The molecule has 0 aliphatic rings. The molecule has 2 heterocycles. The van der Waals surface area contributed by atoms with Crippen molar-refractivity contribution in [3.63, 3.8) is 0 Å². The fourth-order valence-corrected chi connectivity index (χ4v) is 1.61. The Bertz CT molecular complexity index is 535. The van der Waals surface area contributed by atoms with Gasteiger partial charge in [-0.05, 0) is 12.0 Å². The predicted molar refractivity (Wildman–Crippen MR) is 60.9 cm³/mol. The average molecular weight is 214 g/mol. The summed E-state index contributed by atoms with van der Waals surface area (Å²) in [4.78, 5) is 0. The molecule has 2 aromatic heterocycles. The van der Waals surface area contributed by atoms with Crippen LogP contribution in [0.2, 0.25) is 0 Å². The topological polar surface area (TPSA) is 54.0 Å². The minimum absolute atomic E-state index is 0.600. The summed E-state index contributed by atoms with van der Waals surface area (Å²) in [6, 6.07) is 5.64. The van der Waals surface area contributed by atoms with Crippen LogP contribution in [0.4, 0.5) is 0 Å². The fraction of sp³-hybridized carbons (Fsp3) is 0.417. The number of hydrogen-bond acceptors (Lipinski definition) is 3. The summed E-state index contributed by atoms with van der Waals surface area (Å²) in [6.07, 6.45) is 3.92. The highest BCUT2D eigenvalue weighted by molar-refractivity contribution is 5.45.